The van der Waals surface area contributed by atoms with Gasteiger partial charge in [0.15, 0.2) is 0 Å². The first-order chi connectivity index (χ1) is 12.2. The average Bonchev–Trinajstić information content (AvgIpc) is 2.56. The van der Waals surface area contributed by atoms with Gasteiger partial charge in [0.25, 0.3) is 5.69 Å². The molecule has 0 amide bonds. The van der Waals surface area contributed by atoms with E-state index in [-0.39, 0.29) is 17.9 Å². The molecule has 0 fully saturated rings. The van der Waals surface area contributed by atoms with E-state index in [2.05, 4.69) is 4.99 Å². The summed E-state index contributed by atoms with van der Waals surface area (Å²) in [7, 11) is 0. The highest BCUT2D eigenvalue weighted by Crippen LogP contribution is 2.35. The second kappa shape index (κ2) is 7.90. The Morgan fingerprint density at radius 3 is 2.81 bits per heavy atom. The van der Waals surface area contributed by atoms with E-state index >= 15 is 0 Å². The van der Waals surface area contributed by atoms with Crippen LogP contribution in [-0.4, -0.2) is 41.6 Å². The van der Waals surface area contributed by atoms with Crippen molar-refractivity contribution < 1.29 is 19.2 Å². The molecule has 0 bridgehead atoms. The second-order valence-electron chi connectivity index (χ2n) is 6.68. The molecule has 0 aliphatic carbocycles. The van der Waals surface area contributed by atoms with Crippen molar-refractivity contribution >= 4 is 29.2 Å². The van der Waals surface area contributed by atoms with Crippen molar-refractivity contribution in [2.75, 3.05) is 13.2 Å². The zero-order valence-electron chi connectivity index (χ0n) is 14.9. The molecule has 0 saturated heterocycles. The molecule has 1 aliphatic rings. The third kappa shape index (κ3) is 5.23. The number of hydrogen-bond donors (Lipinski definition) is 1. The molecule has 0 spiro atoms. The highest BCUT2D eigenvalue weighted by atomic mass is 16.6. The minimum Gasteiger partial charge on any atom is -0.493 e. The van der Waals surface area contributed by atoms with Crippen molar-refractivity contribution in [1.29, 1.82) is 5.41 Å². The average molecular weight is 359 g/mol. The fourth-order valence-electron chi connectivity index (χ4n) is 2.40. The molecule has 0 radical (unpaired) electrons. The van der Waals surface area contributed by atoms with Gasteiger partial charge in [0.2, 0.25) is 0 Å². The van der Waals surface area contributed by atoms with Crippen LogP contribution in [0.15, 0.2) is 29.3 Å². The number of non-ortho nitro benzene ring substituents is 1. The van der Waals surface area contributed by atoms with Gasteiger partial charge in [-0.3, -0.25) is 19.9 Å². The number of nitrogens with zero attached hydrogens (tertiary/aromatic N) is 2. The van der Waals surface area contributed by atoms with Crippen molar-refractivity contribution in [1.82, 2.24) is 0 Å². The molecule has 1 aliphatic heterocycles. The summed E-state index contributed by atoms with van der Waals surface area (Å²) in [6.07, 6.45) is 3.19. The van der Waals surface area contributed by atoms with Gasteiger partial charge in [0.05, 0.1) is 17.2 Å². The van der Waals surface area contributed by atoms with E-state index in [0.29, 0.717) is 24.3 Å². The van der Waals surface area contributed by atoms with Gasteiger partial charge < -0.3 is 14.9 Å². The van der Waals surface area contributed by atoms with E-state index in [9.17, 15) is 14.9 Å². The first-order valence-electron chi connectivity index (χ1n) is 8.08. The number of esters is 1. The minimum absolute atomic E-state index is 0.0396. The quantitative estimate of drug-likeness (QED) is 0.375. The Hall–Kier alpha value is -3.03. The maximum atomic E-state index is 11.8. The number of benzene rings is 1. The number of carbonyl (C=O) groups excluding carboxylic acids is 1. The Bertz CT molecular complexity index is 791. The molecule has 0 saturated carbocycles. The van der Waals surface area contributed by atoms with E-state index in [1.54, 1.807) is 32.9 Å². The monoisotopic (exact) mass is 359 g/mol. The van der Waals surface area contributed by atoms with Crippen molar-refractivity contribution in [3.63, 3.8) is 0 Å². The Labute approximate surface area is 151 Å². The number of nitrogens with one attached hydrogen (secondary N) is 1. The fraction of sp³-hybridized carbons (Fsp3) is 0.389. The smallest absolute Gasteiger partial charge is 0.328 e. The van der Waals surface area contributed by atoms with Crippen LogP contribution in [0.5, 0.6) is 5.75 Å². The van der Waals surface area contributed by atoms with Crippen molar-refractivity contribution in [2.45, 2.75) is 32.8 Å². The second-order valence-corrected chi connectivity index (χ2v) is 6.68. The van der Waals surface area contributed by atoms with Crippen molar-refractivity contribution in [3.05, 3.63) is 40.0 Å². The molecule has 8 nitrogen and oxygen atoms in total. The van der Waals surface area contributed by atoms with Crippen LogP contribution in [0.1, 0.15) is 32.8 Å². The molecule has 8 heteroatoms. The molecule has 1 aromatic carbocycles. The Morgan fingerprint density at radius 2 is 2.19 bits per heavy atom. The summed E-state index contributed by atoms with van der Waals surface area (Å²) in [6.45, 7) is 5.51. The molecule has 2 rings (SSSR count). The molecule has 26 heavy (non-hydrogen) atoms. The van der Waals surface area contributed by atoms with Gasteiger partial charge in [0.1, 0.15) is 17.9 Å². The number of ether oxygens (including phenoxy) is 2. The number of carbonyl (C=O) groups is 1. The van der Waals surface area contributed by atoms with E-state index in [1.165, 1.54) is 12.1 Å². The first kappa shape index (κ1) is 19.3. The van der Waals surface area contributed by atoms with E-state index in [1.807, 2.05) is 0 Å². The van der Waals surface area contributed by atoms with E-state index < -0.39 is 16.5 Å². The lowest BCUT2D eigenvalue weighted by molar-refractivity contribution is -0.384. The number of hydrogen-bond acceptors (Lipinski definition) is 7. The molecular weight excluding hydrogens is 338 g/mol. The minimum atomic E-state index is -0.603. The summed E-state index contributed by atoms with van der Waals surface area (Å²) in [5.74, 6) is 0.0582. The molecule has 1 N–H and O–H groups in total. The van der Waals surface area contributed by atoms with Gasteiger partial charge in [-0.1, -0.05) is 0 Å². The van der Waals surface area contributed by atoms with Gasteiger partial charge in [-0.05, 0) is 38.5 Å². The lowest BCUT2D eigenvalue weighted by Gasteiger charge is -2.20. The van der Waals surface area contributed by atoms with Crippen LogP contribution in [0, 0.1) is 15.5 Å². The summed E-state index contributed by atoms with van der Waals surface area (Å²) >= 11 is 0. The number of rotatable bonds is 5. The lowest BCUT2D eigenvalue weighted by Crippen LogP contribution is -2.25. The number of nitro groups is 1. The SMILES string of the molecule is CC(C)(C)OC(=O)CN=C(C=N)/C=C1\CCOc2ccc([N+](=O)[O-])cc21. The number of aliphatic imine (C=N–C) groups is 1. The molecule has 0 aromatic heterocycles. The van der Waals surface area contributed by atoms with Crippen LogP contribution in [-0.2, 0) is 9.53 Å². The largest absolute Gasteiger partial charge is 0.493 e. The van der Waals surface area contributed by atoms with Gasteiger partial charge >= 0.3 is 5.97 Å². The summed E-state index contributed by atoms with van der Waals surface area (Å²) in [6, 6.07) is 4.38. The lowest BCUT2D eigenvalue weighted by atomic mass is 9.98. The van der Waals surface area contributed by atoms with E-state index in [0.717, 1.165) is 11.8 Å². The summed E-state index contributed by atoms with van der Waals surface area (Å²) in [5.41, 5.74) is 1.00. The Morgan fingerprint density at radius 1 is 1.46 bits per heavy atom. The van der Waals surface area contributed by atoms with Crippen LogP contribution < -0.4 is 4.74 Å². The molecular formula is C18H21N3O5. The van der Waals surface area contributed by atoms with Gasteiger partial charge in [-0.2, -0.15) is 0 Å². The fourth-order valence-corrected chi connectivity index (χ4v) is 2.40. The van der Waals surface area contributed by atoms with Crippen LogP contribution >= 0.6 is 0 Å². The molecule has 0 unspecified atom stereocenters. The highest BCUT2D eigenvalue weighted by molar-refractivity contribution is 6.36. The molecule has 1 aromatic rings. The third-order valence-electron chi connectivity index (χ3n) is 3.43. The maximum Gasteiger partial charge on any atom is 0.328 e. The molecule has 138 valence electrons. The normalized spacial score (nSPS) is 15.8. The standard InChI is InChI=1S/C18H21N3O5/c1-18(2,3)26-17(22)11-20-13(10-19)8-12-6-7-25-16-5-4-14(21(23)24)9-15(12)16/h4-5,8-10,19H,6-7,11H2,1-3H3/b12-8+,19-10?,20-13?. The summed E-state index contributed by atoms with van der Waals surface area (Å²) in [4.78, 5) is 26.4. The van der Waals surface area contributed by atoms with Gasteiger partial charge in [-0.15, -0.1) is 0 Å². The predicted molar refractivity (Wildman–Crippen MR) is 98.1 cm³/mol. The van der Waals surface area contributed by atoms with E-state index in [4.69, 9.17) is 14.9 Å². The third-order valence-corrected chi connectivity index (χ3v) is 3.43. The van der Waals surface area contributed by atoms with Crippen molar-refractivity contribution in [2.24, 2.45) is 4.99 Å². The van der Waals surface area contributed by atoms with Gasteiger partial charge in [-0.25, -0.2) is 0 Å². The van der Waals surface area contributed by atoms with Gasteiger partial charge in [0, 0.05) is 30.3 Å². The zero-order chi connectivity index (χ0) is 19.3. The van der Waals surface area contributed by atoms with Crippen molar-refractivity contribution in [3.8, 4) is 5.75 Å². The first-order valence-corrected chi connectivity index (χ1v) is 8.08. The number of nitro benzene ring substituents is 1. The molecule has 0 atom stereocenters. The number of fused-ring (bicyclic) bond motifs is 1. The van der Waals surface area contributed by atoms with Crippen LogP contribution in [0.25, 0.3) is 5.57 Å². The van der Waals surface area contributed by atoms with Crippen LogP contribution in [0.3, 0.4) is 0 Å². The maximum absolute atomic E-state index is 11.8. The predicted octanol–water partition coefficient (Wildman–Crippen LogP) is 3.19. The highest BCUT2D eigenvalue weighted by Gasteiger charge is 2.20. The number of allylic oxidation sites excluding steroid dienone is 1. The topological polar surface area (TPSA) is 115 Å². The summed E-state index contributed by atoms with van der Waals surface area (Å²) in [5, 5.41) is 18.5. The van der Waals surface area contributed by atoms with Crippen LogP contribution in [0.4, 0.5) is 5.69 Å². The summed E-state index contributed by atoms with van der Waals surface area (Å²) < 4.78 is 10.7. The molecule has 1 heterocycles. The zero-order valence-corrected chi connectivity index (χ0v) is 14.9. The Balaban J connectivity index is 2.26. The Kier molecular flexibility index (Phi) is 5.86. The van der Waals surface area contributed by atoms with Crippen LogP contribution in [0.2, 0.25) is 0 Å².